The average Bonchev–Trinajstić information content (AvgIpc) is 2.16. The maximum absolute atomic E-state index is 5.83. The van der Waals surface area contributed by atoms with Crippen molar-refractivity contribution in [1.82, 2.24) is 4.98 Å². The van der Waals surface area contributed by atoms with Gasteiger partial charge in [0.2, 0.25) is 0 Å². The summed E-state index contributed by atoms with van der Waals surface area (Å²) >= 11 is 5.83. The number of hydrogen-bond donors (Lipinski definition) is 0. The van der Waals surface area contributed by atoms with Crippen molar-refractivity contribution < 1.29 is 4.74 Å². The second-order valence-electron chi connectivity index (χ2n) is 2.67. The fourth-order valence-corrected chi connectivity index (χ4v) is 1.44. The SMILES string of the molecule is COc1ccnc2cc(Cl)ccc12. The predicted octanol–water partition coefficient (Wildman–Crippen LogP) is 2.90. The summed E-state index contributed by atoms with van der Waals surface area (Å²) in [5, 5.41) is 1.67. The molecule has 1 aromatic heterocycles. The van der Waals surface area contributed by atoms with Crippen LogP contribution in [-0.2, 0) is 0 Å². The van der Waals surface area contributed by atoms with Gasteiger partial charge in [0.05, 0.1) is 12.6 Å². The molecule has 2 rings (SSSR count). The molecule has 0 fully saturated rings. The van der Waals surface area contributed by atoms with Crippen LogP contribution in [0, 0.1) is 0 Å². The number of pyridine rings is 1. The van der Waals surface area contributed by atoms with Crippen LogP contribution in [0.5, 0.6) is 5.75 Å². The van der Waals surface area contributed by atoms with Crippen molar-refractivity contribution in [2.45, 2.75) is 0 Å². The van der Waals surface area contributed by atoms with Crippen LogP contribution in [-0.4, -0.2) is 12.1 Å². The monoisotopic (exact) mass is 193 g/mol. The molecule has 0 radical (unpaired) electrons. The molecule has 0 saturated carbocycles. The van der Waals surface area contributed by atoms with Crippen molar-refractivity contribution >= 4 is 22.5 Å². The first-order valence-corrected chi connectivity index (χ1v) is 4.27. The molecule has 0 amide bonds. The molecule has 0 N–H and O–H groups in total. The van der Waals surface area contributed by atoms with Gasteiger partial charge in [-0.25, -0.2) is 0 Å². The predicted molar refractivity (Wildman–Crippen MR) is 53.3 cm³/mol. The van der Waals surface area contributed by atoms with Crippen molar-refractivity contribution in [2.24, 2.45) is 0 Å². The quantitative estimate of drug-likeness (QED) is 0.695. The molecule has 0 aliphatic rings. The van der Waals surface area contributed by atoms with E-state index in [2.05, 4.69) is 4.98 Å². The zero-order chi connectivity index (χ0) is 9.26. The van der Waals surface area contributed by atoms with Gasteiger partial charge in [-0.2, -0.15) is 0 Å². The van der Waals surface area contributed by atoms with E-state index < -0.39 is 0 Å². The molecule has 0 unspecified atom stereocenters. The summed E-state index contributed by atoms with van der Waals surface area (Å²) in [5.41, 5.74) is 0.854. The molecule has 3 heteroatoms. The number of hydrogen-bond acceptors (Lipinski definition) is 2. The summed E-state index contributed by atoms with van der Waals surface area (Å²) in [4.78, 5) is 4.19. The molecular formula is C10H8ClNO. The Hall–Kier alpha value is -1.28. The summed E-state index contributed by atoms with van der Waals surface area (Å²) in [5.74, 6) is 0.821. The molecule has 0 saturated heterocycles. The van der Waals surface area contributed by atoms with Crippen molar-refractivity contribution in [3.05, 3.63) is 35.5 Å². The largest absolute Gasteiger partial charge is 0.496 e. The van der Waals surface area contributed by atoms with E-state index in [-0.39, 0.29) is 0 Å². The number of rotatable bonds is 1. The second kappa shape index (κ2) is 3.23. The summed E-state index contributed by atoms with van der Waals surface area (Å²) in [6.07, 6.45) is 1.71. The lowest BCUT2D eigenvalue weighted by molar-refractivity contribution is 0.419. The fraction of sp³-hybridized carbons (Fsp3) is 0.100. The molecule has 2 aromatic rings. The van der Waals surface area contributed by atoms with Crippen LogP contribution in [0.15, 0.2) is 30.5 Å². The zero-order valence-corrected chi connectivity index (χ0v) is 7.88. The summed E-state index contributed by atoms with van der Waals surface area (Å²) in [6, 6.07) is 7.38. The minimum atomic E-state index is 0.688. The molecular weight excluding hydrogens is 186 g/mol. The Bertz CT molecular complexity index is 442. The van der Waals surface area contributed by atoms with E-state index >= 15 is 0 Å². The Morgan fingerprint density at radius 2 is 2.15 bits per heavy atom. The van der Waals surface area contributed by atoms with E-state index in [4.69, 9.17) is 16.3 Å². The molecule has 1 heterocycles. The molecule has 13 heavy (non-hydrogen) atoms. The Labute approximate surface area is 81.1 Å². The van der Waals surface area contributed by atoms with Crippen LogP contribution >= 0.6 is 11.6 Å². The van der Waals surface area contributed by atoms with E-state index in [0.29, 0.717) is 5.02 Å². The lowest BCUT2D eigenvalue weighted by atomic mass is 10.2. The molecule has 0 bridgehead atoms. The van der Waals surface area contributed by atoms with E-state index in [1.54, 1.807) is 13.3 Å². The van der Waals surface area contributed by atoms with Gasteiger partial charge in [0.15, 0.2) is 0 Å². The van der Waals surface area contributed by atoms with Gasteiger partial charge in [-0.3, -0.25) is 4.98 Å². The second-order valence-corrected chi connectivity index (χ2v) is 3.11. The van der Waals surface area contributed by atoms with Crippen LogP contribution in [0.3, 0.4) is 0 Å². The fourth-order valence-electron chi connectivity index (χ4n) is 1.27. The first kappa shape index (κ1) is 8.32. The van der Waals surface area contributed by atoms with Crippen LogP contribution in [0.2, 0.25) is 5.02 Å². The van der Waals surface area contributed by atoms with E-state index in [9.17, 15) is 0 Å². The van der Waals surface area contributed by atoms with E-state index in [0.717, 1.165) is 16.7 Å². The highest BCUT2D eigenvalue weighted by atomic mass is 35.5. The normalized spacial score (nSPS) is 10.3. The van der Waals surface area contributed by atoms with Crippen molar-refractivity contribution in [3.63, 3.8) is 0 Å². The molecule has 0 atom stereocenters. The standard InChI is InChI=1S/C10H8ClNO/c1-13-10-4-5-12-9-6-7(11)2-3-8(9)10/h2-6H,1H3. The van der Waals surface area contributed by atoms with Crippen LogP contribution < -0.4 is 4.74 Å². The first-order valence-electron chi connectivity index (χ1n) is 3.89. The van der Waals surface area contributed by atoms with Gasteiger partial charge in [-0.1, -0.05) is 11.6 Å². The Morgan fingerprint density at radius 1 is 1.31 bits per heavy atom. The number of halogens is 1. The third kappa shape index (κ3) is 1.45. The summed E-state index contributed by atoms with van der Waals surface area (Å²) in [6.45, 7) is 0. The third-order valence-electron chi connectivity index (χ3n) is 1.88. The number of ether oxygens (including phenoxy) is 1. The molecule has 1 aromatic carbocycles. The number of fused-ring (bicyclic) bond motifs is 1. The molecule has 0 aliphatic heterocycles. The van der Waals surface area contributed by atoms with E-state index in [1.165, 1.54) is 0 Å². The maximum Gasteiger partial charge on any atom is 0.129 e. The lowest BCUT2D eigenvalue weighted by Gasteiger charge is -2.03. The molecule has 0 spiro atoms. The Morgan fingerprint density at radius 3 is 2.92 bits per heavy atom. The first-order chi connectivity index (χ1) is 6.31. The summed E-state index contributed by atoms with van der Waals surface area (Å²) in [7, 11) is 1.64. The topological polar surface area (TPSA) is 22.1 Å². The summed E-state index contributed by atoms with van der Waals surface area (Å²) < 4.78 is 5.18. The van der Waals surface area contributed by atoms with Crippen LogP contribution in [0.25, 0.3) is 10.9 Å². The van der Waals surface area contributed by atoms with Crippen LogP contribution in [0.1, 0.15) is 0 Å². The maximum atomic E-state index is 5.83. The lowest BCUT2D eigenvalue weighted by Crippen LogP contribution is -1.86. The number of benzene rings is 1. The van der Waals surface area contributed by atoms with Gasteiger partial charge >= 0.3 is 0 Å². The number of aromatic nitrogens is 1. The van der Waals surface area contributed by atoms with Gasteiger partial charge in [0.25, 0.3) is 0 Å². The number of nitrogens with zero attached hydrogens (tertiary/aromatic N) is 1. The third-order valence-corrected chi connectivity index (χ3v) is 2.12. The highest BCUT2D eigenvalue weighted by Gasteiger charge is 2.01. The van der Waals surface area contributed by atoms with Gasteiger partial charge in [-0.15, -0.1) is 0 Å². The van der Waals surface area contributed by atoms with Crippen LogP contribution in [0.4, 0.5) is 0 Å². The molecule has 0 aliphatic carbocycles. The zero-order valence-electron chi connectivity index (χ0n) is 7.12. The van der Waals surface area contributed by atoms with Crippen molar-refractivity contribution in [3.8, 4) is 5.75 Å². The van der Waals surface area contributed by atoms with Gasteiger partial charge in [0, 0.05) is 16.6 Å². The Balaban J connectivity index is 2.77. The minimum Gasteiger partial charge on any atom is -0.496 e. The van der Waals surface area contributed by atoms with Gasteiger partial charge < -0.3 is 4.74 Å². The molecule has 2 nitrogen and oxygen atoms in total. The van der Waals surface area contributed by atoms with Crippen molar-refractivity contribution in [2.75, 3.05) is 7.11 Å². The van der Waals surface area contributed by atoms with Gasteiger partial charge in [-0.05, 0) is 24.3 Å². The number of methoxy groups -OCH3 is 1. The highest BCUT2D eigenvalue weighted by molar-refractivity contribution is 6.31. The molecule has 66 valence electrons. The van der Waals surface area contributed by atoms with E-state index in [1.807, 2.05) is 24.3 Å². The minimum absolute atomic E-state index is 0.688. The van der Waals surface area contributed by atoms with Crippen molar-refractivity contribution in [1.29, 1.82) is 0 Å². The average molecular weight is 194 g/mol. The Kier molecular flexibility index (Phi) is 2.07. The highest BCUT2D eigenvalue weighted by Crippen LogP contribution is 2.25. The van der Waals surface area contributed by atoms with Gasteiger partial charge in [0.1, 0.15) is 5.75 Å². The smallest absolute Gasteiger partial charge is 0.129 e.